The van der Waals surface area contributed by atoms with E-state index in [2.05, 4.69) is 73.0 Å². The van der Waals surface area contributed by atoms with E-state index in [9.17, 15) is 9.59 Å². The number of hydrogen-bond donors (Lipinski definition) is 2. The molecule has 0 aromatic heterocycles. The van der Waals surface area contributed by atoms with Crippen molar-refractivity contribution in [3.63, 3.8) is 0 Å². The Bertz CT molecular complexity index is 977. The fourth-order valence-corrected chi connectivity index (χ4v) is 5.68. The largest absolute Gasteiger partial charge is 0.352 e. The Morgan fingerprint density at radius 2 is 0.795 bits per heavy atom. The Morgan fingerprint density at radius 3 is 1.16 bits per heavy atom. The Labute approximate surface area is 269 Å². The summed E-state index contributed by atoms with van der Waals surface area (Å²) < 4.78 is 0. The Morgan fingerprint density at radius 1 is 0.477 bits per heavy atom. The second-order valence-corrected chi connectivity index (χ2v) is 12.4. The monoisotopic (exact) mass is 602 g/mol. The summed E-state index contributed by atoms with van der Waals surface area (Å²) in [7, 11) is 0. The van der Waals surface area contributed by atoms with Crippen molar-refractivity contribution in [1.82, 2.24) is 10.6 Å². The maximum absolute atomic E-state index is 12.4. The average molecular weight is 603 g/mol. The lowest BCUT2D eigenvalue weighted by Crippen LogP contribution is -2.23. The van der Waals surface area contributed by atoms with Gasteiger partial charge in [0, 0.05) is 25.9 Å². The Balaban J connectivity index is 1.68. The van der Waals surface area contributed by atoms with Crippen LogP contribution in [0.2, 0.25) is 0 Å². The number of carbonyl (C=O) groups excluding carboxylic acids is 2. The number of allylic oxidation sites excluding steroid dienone is 2. The third-order valence-electron chi connectivity index (χ3n) is 8.55. The third-order valence-corrected chi connectivity index (χ3v) is 8.55. The van der Waals surface area contributed by atoms with Gasteiger partial charge in [-0.3, -0.25) is 9.59 Å². The number of rotatable bonds is 26. The highest BCUT2D eigenvalue weighted by atomic mass is 16.2. The van der Waals surface area contributed by atoms with Gasteiger partial charge in [-0.15, -0.1) is 0 Å². The van der Waals surface area contributed by atoms with Crippen LogP contribution in [0.4, 0.5) is 0 Å². The molecule has 0 unspecified atom stereocenters. The van der Waals surface area contributed by atoms with Crippen LogP contribution < -0.4 is 10.6 Å². The van der Waals surface area contributed by atoms with Gasteiger partial charge in [-0.2, -0.15) is 0 Å². The molecule has 4 heteroatoms. The molecule has 2 N–H and O–H groups in total. The van der Waals surface area contributed by atoms with Crippen molar-refractivity contribution in [2.24, 2.45) is 0 Å². The molecule has 2 amide bonds. The smallest absolute Gasteiger partial charge is 0.220 e. The van der Waals surface area contributed by atoms with Crippen molar-refractivity contribution in [1.29, 1.82) is 0 Å². The van der Waals surface area contributed by atoms with E-state index in [1.54, 1.807) is 0 Å². The average Bonchev–Trinajstić information content (AvgIpc) is 3.04. The normalized spacial score (nSPS) is 11.2. The zero-order valence-electron chi connectivity index (χ0n) is 28.1. The highest BCUT2D eigenvalue weighted by Crippen LogP contribution is 2.14. The zero-order valence-corrected chi connectivity index (χ0v) is 28.1. The standard InChI is InChI=1S/C40H62N2O2/c1-3-5-7-9-11-13-15-17-31-39(43)41-33-37-29-23-21-27-35(37)25-19-20-26-36-28-22-24-30-38(36)34-42-40(44)32-18-16-14-12-10-8-6-4-2/h19-24,27-30H,3-18,25-26,31-34H2,1-2H3,(H,41,43)(H,42,44)/b20-19+. The van der Waals surface area contributed by atoms with Gasteiger partial charge in [-0.25, -0.2) is 0 Å². The summed E-state index contributed by atoms with van der Waals surface area (Å²) in [6.45, 7) is 5.67. The number of benzene rings is 2. The SMILES string of the molecule is CCCCCCCCCCC(=O)NCc1ccccc1C/C=C/Cc1ccccc1CNC(=O)CCCCCCCCCC. The van der Waals surface area contributed by atoms with Crippen LogP contribution in [0.25, 0.3) is 0 Å². The van der Waals surface area contributed by atoms with E-state index >= 15 is 0 Å². The molecule has 2 aromatic rings. The van der Waals surface area contributed by atoms with Gasteiger partial charge in [0.05, 0.1) is 0 Å². The molecule has 0 saturated carbocycles. The number of carbonyl (C=O) groups is 2. The predicted octanol–water partition coefficient (Wildman–Crippen LogP) is 10.3. The molecule has 0 aliphatic carbocycles. The van der Waals surface area contributed by atoms with Crippen LogP contribution in [-0.4, -0.2) is 11.8 Å². The highest BCUT2D eigenvalue weighted by Gasteiger charge is 2.06. The van der Waals surface area contributed by atoms with Crippen LogP contribution in [0.15, 0.2) is 60.7 Å². The molecule has 0 heterocycles. The van der Waals surface area contributed by atoms with Crippen molar-refractivity contribution >= 4 is 11.8 Å². The van der Waals surface area contributed by atoms with Crippen molar-refractivity contribution < 1.29 is 9.59 Å². The summed E-state index contributed by atoms with van der Waals surface area (Å²) in [4.78, 5) is 24.8. The van der Waals surface area contributed by atoms with Crippen molar-refractivity contribution in [3.05, 3.63) is 82.9 Å². The first-order valence-electron chi connectivity index (χ1n) is 18.0. The fraction of sp³-hybridized carbons (Fsp3) is 0.600. The van der Waals surface area contributed by atoms with Gasteiger partial charge in [0.2, 0.25) is 11.8 Å². The summed E-state index contributed by atoms with van der Waals surface area (Å²) in [5, 5.41) is 6.27. The van der Waals surface area contributed by atoms with Crippen LogP contribution in [-0.2, 0) is 35.5 Å². The molecule has 44 heavy (non-hydrogen) atoms. The van der Waals surface area contributed by atoms with Gasteiger partial charge in [-0.1, -0.05) is 164 Å². The number of nitrogens with one attached hydrogen (secondary N) is 2. The first-order chi connectivity index (χ1) is 21.6. The second kappa shape index (κ2) is 25.4. The lowest BCUT2D eigenvalue weighted by Gasteiger charge is -2.10. The first-order valence-corrected chi connectivity index (χ1v) is 18.0. The van der Waals surface area contributed by atoms with Crippen LogP contribution in [0.3, 0.4) is 0 Å². The fourth-order valence-electron chi connectivity index (χ4n) is 5.68. The van der Waals surface area contributed by atoms with E-state index in [4.69, 9.17) is 0 Å². The molecule has 2 rings (SSSR count). The lowest BCUT2D eigenvalue weighted by atomic mass is 10.0. The maximum Gasteiger partial charge on any atom is 0.220 e. The number of hydrogen-bond acceptors (Lipinski definition) is 2. The second-order valence-electron chi connectivity index (χ2n) is 12.4. The summed E-state index contributed by atoms with van der Waals surface area (Å²) in [5.74, 6) is 0.311. The third kappa shape index (κ3) is 18.0. The highest BCUT2D eigenvalue weighted by molar-refractivity contribution is 5.76. The molecule has 4 nitrogen and oxygen atoms in total. The topological polar surface area (TPSA) is 58.2 Å². The molecule has 0 bridgehead atoms. The molecule has 2 aromatic carbocycles. The Hall–Kier alpha value is -2.88. The van der Waals surface area contributed by atoms with E-state index in [1.807, 2.05) is 12.1 Å². The van der Waals surface area contributed by atoms with E-state index < -0.39 is 0 Å². The summed E-state index contributed by atoms with van der Waals surface area (Å²) in [6.07, 6.45) is 27.3. The van der Waals surface area contributed by atoms with Gasteiger partial charge in [-0.05, 0) is 47.9 Å². The van der Waals surface area contributed by atoms with Gasteiger partial charge in [0.25, 0.3) is 0 Å². The van der Waals surface area contributed by atoms with E-state index in [-0.39, 0.29) is 11.8 Å². The van der Waals surface area contributed by atoms with Gasteiger partial charge >= 0.3 is 0 Å². The molecule has 0 spiro atoms. The lowest BCUT2D eigenvalue weighted by molar-refractivity contribution is -0.122. The maximum atomic E-state index is 12.4. The van der Waals surface area contributed by atoms with Crippen LogP contribution in [0, 0.1) is 0 Å². The van der Waals surface area contributed by atoms with Gasteiger partial charge in [0.15, 0.2) is 0 Å². The molecule has 0 atom stereocenters. The first kappa shape index (κ1) is 37.3. The summed E-state index contributed by atoms with van der Waals surface area (Å²) >= 11 is 0. The molecule has 0 fully saturated rings. The number of amides is 2. The molecule has 0 aliphatic heterocycles. The minimum atomic E-state index is 0.155. The molecular weight excluding hydrogens is 540 g/mol. The molecule has 0 radical (unpaired) electrons. The molecular formula is C40H62N2O2. The zero-order chi connectivity index (χ0) is 31.5. The van der Waals surface area contributed by atoms with Crippen LogP contribution in [0.5, 0.6) is 0 Å². The van der Waals surface area contributed by atoms with E-state index in [0.717, 1.165) is 38.5 Å². The minimum absolute atomic E-state index is 0.155. The predicted molar refractivity (Wildman–Crippen MR) is 188 cm³/mol. The number of unbranched alkanes of at least 4 members (excludes halogenated alkanes) is 14. The van der Waals surface area contributed by atoms with Crippen LogP contribution >= 0.6 is 0 Å². The minimum Gasteiger partial charge on any atom is -0.352 e. The molecule has 244 valence electrons. The van der Waals surface area contributed by atoms with Crippen LogP contribution in [0.1, 0.15) is 152 Å². The van der Waals surface area contributed by atoms with Gasteiger partial charge in [0.1, 0.15) is 0 Å². The summed E-state index contributed by atoms with van der Waals surface area (Å²) in [6, 6.07) is 16.8. The Kier molecular flexibility index (Phi) is 21.6. The quantitative estimate of drug-likeness (QED) is 0.0831. The van der Waals surface area contributed by atoms with E-state index in [1.165, 1.54) is 99.3 Å². The van der Waals surface area contributed by atoms with E-state index in [0.29, 0.717) is 25.9 Å². The summed E-state index contributed by atoms with van der Waals surface area (Å²) in [5.41, 5.74) is 4.86. The van der Waals surface area contributed by atoms with Gasteiger partial charge < -0.3 is 10.6 Å². The van der Waals surface area contributed by atoms with Crippen molar-refractivity contribution in [2.75, 3.05) is 0 Å². The molecule has 0 aliphatic rings. The van der Waals surface area contributed by atoms with Crippen molar-refractivity contribution in [3.8, 4) is 0 Å². The van der Waals surface area contributed by atoms with Crippen molar-refractivity contribution in [2.45, 2.75) is 155 Å². The molecule has 0 saturated heterocycles.